The van der Waals surface area contributed by atoms with Crippen LogP contribution in [-0.4, -0.2) is 18.0 Å². The summed E-state index contributed by atoms with van der Waals surface area (Å²) < 4.78 is 0. The molecule has 31 heavy (non-hydrogen) atoms. The molecule has 1 fully saturated rings. The zero-order valence-corrected chi connectivity index (χ0v) is 17.0. The highest BCUT2D eigenvalue weighted by Crippen LogP contribution is 2.35. The Hall–Kier alpha value is -3.87. The minimum Gasteiger partial charge on any atom is -0.334 e. The second kappa shape index (κ2) is 7.12. The molecule has 1 atom stereocenters. The van der Waals surface area contributed by atoms with Crippen molar-refractivity contribution in [2.24, 2.45) is 0 Å². The van der Waals surface area contributed by atoms with Gasteiger partial charge in [-0.2, -0.15) is 0 Å². The van der Waals surface area contributed by atoms with E-state index in [9.17, 15) is 14.4 Å². The highest BCUT2D eigenvalue weighted by Gasteiger charge is 2.43. The maximum atomic E-state index is 12.5. The van der Waals surface area contributed by atoms with Crippen molar-refractivity contribution in [3.63, 3.8) is 0 Å². The fraction of sp³-hybridized carbons (Fsp3) is 0.208. The second-order valence-electron chi connectivity index (χ2n) is 8.15. The summed E-state index contributed by atoms with van der Waals surface area (Å²) in [6.45, 7) is 1.99. The average molecular weight is 414 g/mol. The molecule has 7 nitrogen and oxygen atoms in total. The molecule has 0 radical (unpaired) electrons. The summed E-state index contributed by atoms with van der Waals surface area (Å²) in [5.74, 6) is -0.381. The summed E-state index contributed by atoms with van der Waals surface area (Å²) in [5.41, 5.74) is 3.93. The van der Waals surface area contributed by atoms with Gasteiger partial charge in [0.1, 0.15) is 5.54 Å². The molecular formula is C24H22N4O3. The van der Waals surface area contributed by atoms with Crippen LogP contribution in [0.4, 0.5) is 15.3 Å². The summed E-state index contributed by atoms with van der Waals surface area (Å²) in [7, 11) is 0. The summed E-state index contributed by atoms with van der Waals surface area (Å²) in [5, 5.41) is 13.0. The fourth-order valence-electron chi connectivity index (χ4n) is 4.41. The number of carbonyl (C=O) groups excluding carboxylic acids is 3. The first kappa shape index (κ1) is 19.1. The van der Waals surface area contributed by atoms with E-state index in [2.05, 4.69) is 33.4 Å². The number of carbonyl (C=O) groups is 3. The van der Waals surface area contributed by atoms with E-state index in [-0.39, 0.29) is 11.9 Å². The highest BCUT2D eigenvalue weighted by molar-refractivity contribution is 6.07. The zero-order chi connectivity index (χ0) is 21.6. The van der Waals surface area contributed by atoms with E-state index >= 15 is 0 Å². The van der Waals surface area contributed by atoms with Gasteiger partial charge >= 0.3 is 12.1 Å². The van der Waals surface area contributed by atoms with Crippen molar-refractivity contribution in [3.8, 4) is 0 Å². The molecule has 7 heteroatoms. The van der Waals surface area contributed by atoms with Gasteiger partial charge < -0.3 is 16.0 Å². The lowest BCUT2D eigenvalue weighted by atomic mass is 9.91. The summed E-state index contributed by atoms with van der Waals surface area (Å²) >= 11 is 0. The van der Waals surface area contributed by atoms with Crippen molar-refractivity contribution in [1.29, 1.82) is 0 Å². The molecular weight excluding hydrogens is 392 g/mol. The Morgan fingerprint density at radius 2 is 1.74 bits per heavy atom. The first-order valence-electron chi connectivity index (χ1n) is 10.3. The van der Waals surface area contributed by atoms with Gasteiger partial charge in [-0.05, 0) is 53.5 Å². The van der Waals surface area contributed by atoms with Crippen LogP contribution in [0.15, 0.2) is 54.6 Å². The topological polar surface area (TPSA) is 99.3 Å². The van der Waals surface area contributed by atoms with Gasteiger partial charge in [0.05, 0.1) is 5.69 Å². The number of urea groups is 2. The van der Waals surface area contributed by atoms with E-state index < -0.39 is 11.6 Å². The molecule has 1 unspecified atom stereocenters. The van der Waals surface area contributed by atoms with Crippen LogP contribution in [0.3, 0.4) is 0 Å². The third kappa shape index (κ3) is 3.28. The lowest BCUT2D eigenvalue weighted by Gasteiger charge is -2.21. The van der Waals surface area contributed by atoms with E-state index in [0.29, 0.717) is 12.1 Å². The van der Waals surface area contributed by atoms with Gasteiger partial charge in [0, 0.05) is 11.9 Å². The lowest BCUT2D eigenvalue weighted by molar-refractivity contribution is -0.123. The Bertz CT molecular complexity index is 1230. The van der Waals surface area contributed by atoms with E-state index in [0.717, 1.165) is 29.5 Å². The van der Waals surface area contributed by atoms with Gasteiger partial charge in [0.2, 0.25) is 0 Å². The predicted molar refractivity (Wildman–Crippen MR) is 118 cm³/mol. The molecule has 156 valence electrons. The van der Waals surface area contributed by atoms with Gasteiger partial charge in [0.25, 0.3) is 5.91 Å². The number of rotatable bonds is 4. The summed E-state index contributed by atoms with van der Waals surface area (Å²) in [6, 6.07) is 16.7. The van der Waals surface area contributed by atoms with Crippen LogP contribution in [0, 0.1) is 0 Å². The lowest BCUT2D eigenvalue weighted by Crippen LogP contribution is -2.40. The van der Waals surface area contributed by atoms with Gasteiger partial charge in [-0.3, -0.25) is 10.1 Å². The number of anilines is 1. The smallest absolute Gasteiger partial charge is 0.322 e. The molecule has 0 aromatic heterocycles. The quantitative estimate of drug-likeness (QED) is 0.493. The van der Waals surface area contributed by atoms with E-state index in [4.69, 9.17) is 0 Å². The van der Waals surface area contributed by atoms with Crippen LogP contribution in [0.1, 0.15) is 29.2 Å². The average Bonchev–Trinajstić information content (AvgIpc) is 3.30. The molecule has 2 aliphatic rings. The van der Waals surface area contributed by atoms with Gasteiger partial charge in [-0.25, -0.2) is 9.59 Å². The number of aryl methyl sites for hydroxylation is 2. The van der Waals surface area contributed by atoms with Crippen LogP contribution in [0.25, 0.3) is 10.8 Å². The monoisotopic (exact) mass is 414 g/mol. The van der Waals surface area contributed by atoms with Crippen LogP contribution < -0.4 is 21.3 Å². The predicted octanol–water partition coefficient (Wildman–Crippen LogP) is 3.31. The minimum absolute atomic E-state index is 0.280. The fourth-order valence-corrected chi connectivity index (χ4v) is 4.41. The number of benzene rings is 3. The van der Waals surface area contributed by atoms with Crippen LogP contribution >= 0.6 is 0 Å². The normalized spacial score (nSPS) is 19.3. The minimum atomic E-state index is -1.09. The second-order valence-corrected chi connectivity index (χ2v) is 8.15. The maximum Gasteiger partial charge on any atom is 0.322 e. The molecule has 1 heterocycles. The standard InChI is InChI=1S/C24H22N4O3/c1-24(21(29)27-23(31)28-24)17-10-5-14(6-11-17)13-25-22(30)26-19-12-9-16-8-7-15-3-2-4-18(19)20(15)16/h2-6,9-12H,7-8,13H2,1H3,(H2,25,26,30)(H2,27,28,29,31). The van der Waals surface area contributed by atoms with Crippen molar-refractivity contribution in [2.45, 2.75) is 31.8 Å². The molecule has 1 saturated heterocycles. The molecule has 4 N–H and O–H groups in total. The van der Waals surface area contributed by atoms with Crippen LogP contribution in [-0.2, 0) is 29.7 Å². The molecule has 1 aliphatic carbocycles. The Morgan fingerprint density at radius 3 is 2.45 bits per heavy atom. The SMILES string of the molecule is CC1(c2ccc(CNC(=O)Nc3ccc4c5c(cccc35)CC4)cc2)NC(=O)NC1=O. The van der Waals surface area contributed by atoms with Crippen molar-refractivity contribution >= 4 is 34.4 Å². The molecule has 5 amide bonds. The largest absolute Gasteiger partial charge is 0.334 e. The Kier molecular flexibility index (Phi) is 4.39. The molecule has 0 saturated carbocycles. The third-order valence-corrected chi connectivity index (χ3v) is 6.15. The molecule has 0 bridgehead atoms. The number of nitrogens with one attached hydrogen (secondary N) is 4. The third-order valence-electron chi connectivity index (χ3n) is 6.15. The Morgan fingerprint density at radius 1 is 1.00 bits per heavy atom. The first-order valence-corrected chi connectivity index (χ1v) is 10.3. The van der Waals surface area contributed by atoms with Gasteiger partial charge in [0.15, 0.2) is 0 Å². The Labute approximate surface area is 179 Å². The van der Waals surface area contributed by atoms with Crippen molar-refractivity contribution in [3.05, 3.63) is 76.9 Å². The highest BCUT2D eigenvalue weighted by atomic mass is 16.2. The molecule has 3 aromatic carbocycles. The number of amides is 5. The number of hydrogen-bond acceptors (Lipinski definition) is 3. The Balaban J connectivity index is 1.25. The summed E-state index contributed by atoms with van der Waals surface area (Å²) in [6.07, 6.45) is 2.09. The molecule has 5 rings (SSSR count). The van der Waals surface area contributed by atoms with Crippen molar-refractivity contribution < 1.29 is 14.4 Å². The number of hydrogen-bond donors (Lipinski definition) is 4. The molecule has 0 spiro atoms. The van der Waals surface area contributed by atoms with Gasteiger partial charge in [-0.15, -0.1) is 0 Å². The van der Waals surface area contributed by atoms with Crippen molar-refractivity contribution in [1.82, 2.24) is 16.0 Å². The number of imide groups is 1. The molecule has 1 aliphatic heterocycles. The van der Waals surface area contributed by atoms with Crippen LogP contribution in [0.2, 0.25) is 0 Å². The maximum absolute atomic E-state index is 12.5. The molecule has 3 aromatic rings. The first-order chi connectivity index (χ1) is 14.9. The summed E-state index contributed by atoms with van der Waals surface area (Å²) in [4.78, 5) is 36.0. The van der Waals surface area contributed by atoms with E-state index in [1.807, 2.05) is 30.3 Å². The van der Waals surface area contributed by atoms with Crippen LogP contribution in [0.5, 0.6) is 0 Å². The zero-order valence-electron chi connectivity index (χ0n) is 17.0. The van der Waals surface area contributed by atoms with E-state index in [1.54, 1.807) is 19.1 Å². The van der Waals surface area contributed by atoms with Crippen molar-refractivity contribution in [2.75, 3.05) is 5.32 Å². The van der Waals surface area contributed by atoms with Gasteiger partial charge in [-0.1, -0.05) is 48.5 Å². The van der Waals surface area contributed by atoms with E-state index in [1.165, 1.54) is 16.5 Å².